The lowest BCUT2D eigenvalue weighted by molar-refractivity contribution is -0.117. The van der Waals surface area contributed by atoms with Gasteiger partial charge in [-0.05, 0) is 18.6 Å². The van der Waals surface area contributed by atoms with Crippen LogP contribution in [-0.2, 0) is 13.8 Å². The largest absolute Gasteiger partial charge is 0.495 e. The molecule has 1 aliphatic heterocycles. The van der Waals surface area contributed by atoms with Crippen molar-refractivity contribution in [3.63, 3.8) is 0 Å². The fourth-order valence-corrected chi connectivity index (χ4v) is 3.25. The molecular weight excluding hydrogens is 290 g/mol. The van der Waals surface area contributed by atoms with E-state index in [1.807, 2.05) is 19.1 Å². The van der Waals surface area contributed by atoms with Gasteiger partial charge in [-0.2, -0.15) is 0 Å². The molecule has 1 atom stereocenters. The van der Waals surface area contributed by atoms with E-state index < -0.39 is 14.3 Å². The number of anilines is 1. The van der Waals surface area contributed by atoms with E-state index in [2.05, 4.69) is 0 Å². The third-order valence-corrected chi connectivity index (χ3v) is 5.05. The van der Waals surface area contributed by atoms with Crippen LogP contribution in [0.1, 0.15) is 12.0 Å². The fraction of sp³-hybridized carbons (Fsp3) is 0.417. The molecule has 1 amide bonds. The second kappa shape index (κ2) is 5.02. The minimum absolute atomic E-state index is 0.0614. The zero-order chi connectivity index (χ0) is 14.2. The highest BCUT2D eigenvalue weighted by Gasteiger charge is 2.39. The molecule has 104 valence electrons. The minimum Gasteiger partial charge on any atom is -0.495 e. The summed E-state index contributed by atoms with van der Waals surface area (Å²) in [7, 11) is 3.10. The zero-order valence-electron chi connectivity index (χ0n) is 10.6. The van der Waals surface area contributed by atoms with Gasteiger partial charge in [0.15, 0.2) is 0 Å². The van der Waals surface area contributed by atoms with Crippen LogP contribution >= 0.6 is 10.7 Å². The van der Waals surface area contributed by atoms with E-state index in [0.29, 0.717) is 11.4 Å². The SMILES string of the molecule is COc1cccc(C)c1N1CC(S(=O)(=O)Cl)CC1=O. The summed E-state index contributed by atoms with van der Waals surface area (Å²) in [6.45, 7) is 1.90. The van der Waals surface area contributed by atoms with E-state index in [9.17, 15) is 13.2 Å². The van der Waals surface area contributed by atoms with Crippen molar-refractivity contribution < 1.29 is 17.9 Å². The molecule has 0 spiro atoms. The maximum Gasteiger partial charge on any atom is 0.237 e. The van der Waals surface area contributed by atoms with Crippen molar-refractivity contribution in [2.45, 2.75) is 18.6 Å². The number of hydrogen-bond acceptors (Lipinski definition) is 4. The van der Waals surface area contributed by atoms with E-state index in [4.69, 9.17) is 15.4 Å². The number of carbonyl (C=O) groups excluding carboxylic acids is 1. The van der Waals surface area contributed by atoms with Gasteiger partial charge < -0.3 is 9.64 Å². The Bertz CT molecular complexity index is 614. The number of hydrogen-bond donors (Lipinski definition) is 0. The van der Waals surface area contributed by atoms with Gasteiger partial charge in [-0.25, -0.2) is 8.42 Å². The lowest BCUT2D eigenvalue weighted by Gasteiger charge is -2.21. The van der Waals surface area contributed by atoms with Crippen LogP contribution < -0.4 is 9.64 Å². The van der Waals surface area contributed by atoms with E-state index in [1.165, 1.54) is 12.0 Å². The molecule has 0 bridgehead atoms. The summed E-state index contributed by atoms with van der Waals surface area (Å²) in [5, 5.41) is -0.869. The highest BCUT2D eigenvalue weighted by atomic mass is 35.7. The Kier molecular flexibility index (Phi) is 3.73. The molecule has 0 saturated carbocycles. The number of aryl methyl sites for hydroxylation is 1. The summed E-state index contributed by atoms with van der Waals surface area (Å²) in [5.41, 5.74) is 1.46. The molecule has 7 heteroatoms. The first-order valence-corrected chi connectivity index (χ1v) is 8.09. The molecule has 1 aromatic carbocycles. The standard InChI is InChI=1S/C12H14ClNO4S/c1-8-4-3-5-10(18-2)12(8)14-7-9(6-11(14)15)19(13,16)17/h3-5,9H,6-7H2,1-2H3. The van der Waals surface area contributed by atoms with Crippen LogP contribution in [0.25, 0.3) is 0 Å². The van der Waals surface area contributed by atoms with Crippen LogP contribution in [-0.4, -0.2) is 33.2 Å². The van der Waals surface area contributed by atoms with E-state index in [-0.39, 0.29) is 18.9 Å². The number of methoxy groups -OCH3 is 1. The van der Waals surface area contributed by atoms with Gasteiger partial charge in [0.05, 0.1) is 12.8 Å². The number of amides is 1. The second-order valence-corrected chi connectivity index (χ2v) is 7.34. The highest BCUT2D eigenvalue weighted by molar-refractivity contribution is 8.14. The number of para-hydroxylation sites is 1. The lowest BCUT2D eigenvalue weighted by atomic mass is 10.1. The molecule has 2 rings (SSSR count). The summed E-state index contributed by atoms with van der Waals surface area (Å²) in [5.74, 6) is 0.280. The second-order valence-electron chi connectivity index (χ2n) is 4.43. The summed E-state index contributed by atoms with van der Waals surface area (Å²) in [4.78, 5) is 13.4. The van der Waals surface area contributed by atoms with Crippen molar-refractivity contribution in [2.75, 3.05) is 18.6 Å². The average Bonchev–Trinajstić information content (AvgIpc) is 2.70. The first-order valence-electron chi connectivity index (χ1n) is 5.72. The molecule has 1 unspecified atom stereocenters. The third-order valence-electron chi connectivity index (χ3n) is 3.18. The van der Waals surface area contributed by atoms with Crippen LogP contribution in [0.5, 0.6) is 5.75 Å². The molecule has 1 aromatic rings. The van der Waals surface area contributed by atoms with Crippen molar-refractivity contribution in [2.24, 2.45) is 0 Å². The van der Waals surface area contributed by atoms with Crippen LogP contribution in [0.2, 0.25) is 0 Å². The highest BCUT2D eigenvalue weighted by Crippen LogP contribution is 2.36. The number of benzene rings is 1. The number of carbonyl (C=O) groups is 1. The monoisotopic (exact) mass is 303 g/mol. The maximum absolute atomic E-state index is 12.0. The normalized spacial score (nSPS) is 19.8. The van der Waals surface area contributed by atoms with Crippen LogP contribution in [0, 0.1) is 6.92 Å². The summed E-state index contributed by atoms with van der Waals surface area (Å²) in [6.07, 6.45) is -0.0939. The number of ether oxygens (including phenoxy) is 1. The maximum atomic E-state index is 12.0. The Morgan fingerprint density at radius 1 is 1.42 bits per heavy atom. The predicted octanol–water partition coefficient (Wildman–Crippen LogP) is 1.68. The minimum atomic E-state index is -3.74. The smallest absolute Gasteiger partial charge is 0.237 e. The van der Waals surface area contributed by atoms with Crippen molar-refractivity contribution in [1.29, 1.82) is 0 Å². The van der Waals surface area contributed by atoms with Crippen LogP contribution in [0.15, 0.2) is 18.2 Å². The van der Waals surface area contributed by atoms with Gasteiger partial charge in [0.25, 0.3) is 0 Å². The Balaban J connectivity index is 2.41. The topological polar surface area (TPSA) is 63.7 Å². The Labute approximate surface area is 116 Å². The molecular formula is C12H14ClNO4S. The molecule has 1 fully saturated rings. The van der Waals surface area contributed by atoms with Gasteiger partial charge in [-0.15, -0.1) is 0 Å². The molecule has 1 heterocycles. The first-order chi connectivity index (χ1) is 8.84. The quantitative estimate of drug-likeness (QED) is 0.797. The van der Waals surface area contributed by atoms with Crippen molar-refractivity contribution in [1.82, 2.24) is 0 Å². The van der Waals surface area contributed by atoms with Gasteiger partial charge in [0, 0.05) is 23.6 Å². The average molecular weight is 304 g/mol. The molecule has 19 heavy (non-hydrogen) atoms. The van der Waals surface area contributed by atoms with Gasteiger partial charge in [0.2, 0.25) is 15.0 Å². The van der Waals surface area contributed by atoms with Gasteiger partial charge in [-0.1, -0.05) is 12.1 Å². The molecule has 0 N–H and O–H groups in total. The van der Waals surface area contributed by atoms with E-state index >= 15 is 0 Å². The van der Waals surface area contributed by atoms with Crippen molar-refractivity contribution in [3.05, 3.63) is 23.8 Å². The molecule has 1 saturated heterocycles. The molecule has 5 nitrogen and oxygen atoms in total. The van der Waals surface area contributed by atoms with E-state index in [1.54, 1.807) is 6.07 Å². The molecule has 1 aliphatic rings. The lowest BCUT2D eigenvalue weighted by Crippen LogP contribution is -2.27. The molecule has 0 aromatic heterocycles. The summed E-state index contributed by atoms with van der Waals surface area (Å²) >= 11 is 0. The first kappa shape index (κ1) is 14.1. The number of halogens is 1. The van der Waals surface area contributed by atoms with Crippen LogP contribution in [0.4, 0.5) is 5.69 Å². The summed E-state index contributed by atoms with van der Waals surface area (Å²) < 4.78 is 27.9. The Morgan fingerprint density at radius 2 is 2.11 bits per heavy atom. The summed E-state index contributed by atoms with van der Waals surface area (Å²) in [6, 6.07) is 5.39. The van der Waals surface area contributed by atoms with E-state index in [0.717, 1.165) is 5.56 Å². The predicted molar refractivity (Wildman–Crippen MR) is 73.3 cm³/mol. The zero-order valence-corrected chi connectivity index (χ0v) is 12.2. The van der Waals surface area contributed by atoms with Crippen LogP contribution in [0.3, 0.4) is 0 Å². The number of rotatable bonds is 3. The Morgan fingerprint density at radius 3 is 2.63 bits per heavy atom. The van der Waals surface area contributed by atoms with Crippen molar-refractivity contribution >= 4 is 31.3 Å². The fourth-order valence-electron chi connectivity index (χ4n) is 2.22. The molecule has 0 radical (unpaired) electrons. The number of nitrogens with zero attached hydrogens (tertiary/aromatic N) is 1. The van der Waals surface area contributed by atoms with Gasteiger partial charge in [0.1, 0.15) is 11.0 Å². The third kappa shape index (κ3) is 2.69. The van der Waals surface area contributed by atoms with Gasteiger partial charge in [-0.3, -0.25) is 4.79 Å². The van der Waals surface area contributed by atoms with Crippen molar-refractivity contribution in [3.8, 4) is 5.75 Å². The Hall–Kier alpha value is -1.27. The van der Waals surface area contributed by atoms with Gasteiger partial charge >= 0.3 is 0 Å². The molecule has 0 aliphatic carbocycles.